The van der Waals surface area contributed by atoms with Crippen molar-refractivity contribution in [1.29, 1.82) is 0 Å². The number of aromatic nitrogens is 1. The largest absolute Gasteiger partial charge is 0.347 e. The number of aryl methyl sites for hydroxylation is 1. The molecular formula is C25H23NO. The molecule has 0 bridgehead atoms. The van der Waals surface area contributed by atoms with Crippen LogP contribution in [0.1, 0.15) is 35.7 Å². The lowest BCUT2D eigenvalue weighted by Gasteiger charge is -2.08. The van der Waals surface area contributed by atoms with Crippen molar-refractivity contribution in [1.82, 2.24) is 4.57 Å². The number of ketones is 1. The van der Waals surface area contributed by atoms with E-state index < -0.39 is 0 Å². The van der Waals surface area contributed by atoms with Crippen molar-refractivity contribution in [2.24, 2.45) is 0 Å². The van der Waals surface area contributed by atoms with Crippen LogP contribution in [0.15, 0.2) is 85.1 Å². The maximum absolute atomic E-state index is 13.3. The minimum Gasteiger partial charge on any atom is -0.347 e. The fourth-order valence-electron chi connectivity index (χ4n) is 3.58. The van der Waals surface area contributed by atoms with E-state index in [9.17, 15) is 4.79 Å². The Labute approximate surface area is 160 Å². The molecule has 0 saturated carbocycles. The number of hydrogen-bond acceptors (Lipinski definition) is 1. The second-order valence-electron chi connectivity index (χ2n) is 6.88. The van der Waals surface area contributed by atoms with E-state index in [1.54, 1.807) is 0 Å². The van der Waals surface area contributed by atoms with Crippen molar-refractivity contribution in [3.8, 4) is 11.3 Å². The van der Waals surface area contributed by atoms with E-state index in [-0.39, 0.29) is 5.78 Å². The molecule has 4 aromatic rings. The molecule has 0 atom stereocenters. The average Bonchev–Trinajstić information content (AvgIpc) is 3.16. The quantitative estimate of drug-likeness (QED) is 0.371. The summed E-state index contributed by atoms with van der Waals surface area (Å²) in [5.41, 5.74) is 3.76. The molecule has 0 unspecified atom stereocenters. The first kappa shape index (κ1) is 17.3. The zero-order valence-corrected chi connectivity index (χ0v) is 15.6. The summed E-state index contributed by atoms with van der Waals surface area (Å²) in [4.78, 5) is 13.3. The number of rotatable bonds is 6. The maximum atomic E-state index is 13.3. The molecule has 0 aliphatic heterocycles. The Morgan fingerprint density at radius 2 is 1.63 bits per heavy atom. The summed E-state index contributed by atoms with van der Waals surface area (Å²) < 4.78 is 2.22. The zero-order valence-electron chi connectivity index (χ0n) is 15.6. The molecular weight excluding hydrogens is 330 g/mol. The van der Waals surface area contributed by atoms with E-state index in [0.29, 0.717) is 0 Å². The van der Waals surface area contributed by atoms with Crippen molar-refractivity contribution in [3.63, 3.8) is 0 Å². The number of hydrogen-bond donors (Lipinski definition) is 0. The first-order valence-electron chi connectivity index (χ1n) is 9.56. The van der Waals surface area contributed by atoms with Gasteiger partial charge in [-0.2, -0.15) is 0 Å². The van der Waals surface area contributed by atoms with Crippen LogP contribution >= 0.6 is 0 Å². The van der Waals surface area contributed by atoms with E-state index in [0.717, 1.165) is 52.5 Å². The van der Waals surface area contributed by atoms with Gasteiger partial charge in [-0.1, -0.05) is 86.1 Å². The molecule has 0 fully saturated rings. The minimum absolute atomic E-state index is 0.0826. The summed E-state index contributed by atoms with van der Waals surface area (Å²) in [5.74, 6) is 0.0826. The molecule has 0 N–H and O–H groups in total. The Bertz CT molecular complexity index is 1070. The van der Waals surface area contributed by atoms with Gasteiger partial charge < -0.3 is 4.57 Å². The van der Waals surface area contributed by atoms with Crippen molar-refractivity contribution in [3.05, 3.63) is 96.2 Å². The van der Waals surface area contributed by atoms with Crippen LogP contribution < -0.4 is 0 Å². The minimum atomic E-state index is 0.0826. The predicted octanol–water partition coefficient (Wildman–Crippen LogP) is 6.34. The lowest BCUT2D eigenvalue weighted by Crippen LogP contribution is -2.02. The SMILES string of the molecule is CCCCn1cc(C(=O)c2cccc3ccccc23)cc1-c1ccccc1. The summed E-state index contributed by atoms with van der Waals surface area (Å²) in [6.45, 7) is 3.11. The molecule has 4 rings (SSSR count). The maximum Gasteiger partial charge on any atom is 0.195 e. The zero-order chi connectivity index (χ0) is 18.6. The Balaban J connectivity index is 1.79. The Kier molecular flexibility index (Phi) is 4.88. The summed E-state index contributed by atoms with van der Waals surface area (Å²) >= 11 is 0. The van der Waals surface area contributed by atoms with Crippen LogP contribution in [-0.2, 0) is 6.54 Å². The van der Waals surface area contributed by atoms with Crippen molar-refractivity contribution in [2.45, 2.75) is 26.3 Å². The van der Waals surface area contributed by atoms with Gasteiger partial charge in [-0.05, 0) is 28.8 Å². The Morgan fingerprint density at radius 1 is 0.889 bits per heavy atom. The van der Waals surface area contributed by atoms with Crippen LogP contribution in [0, 0.1) is 0 Å². The normalized spacial score (nSPS) is 11.0. The van der Waals surface area contributed by atoms with Crippen LogP contribution in [0.5, 0.6) is 0 Å². The van der Waals surface area contributed by atoms with Crippen molar-refractivity contribution < 1.29 is 4.79 Å². The molecule has 3 aromatic carbocycles. The van der Waals surface area contributed by atoms with Crippen LogP contribution in [-0.4, -0.2) is 10.4 Å². The smallest absolute Gasteiger partial charge is 0.195 e. The number of unbranched alkanes of at least 4 members (excludes halogenated alkanes) is 1. The van der Waals surface area contributed by atoms with Gasteiger partial charge in [0.1, 0.15) is 0 Å². The molecule has 0 aliphatic carbocycles. The molecule has 134 valence electrons. The summed E-state index contributed by atoms with van der Waals surface area (Å²) in [7, 11) is 0. The third-order valence-electron chi connectivity index (χ3n) is 5.02. The number of nitrogens with zero attached hydrogens (tertiary/aromatic N) is 1. The molecule has 0 spiro atoms. The molecule has 0 saturated heterocycles. The standard InChI is InChI=1S/C25H23NO/c1-2-3-16-26-18-21(17-24(26)20-11-5-4-6-12-20)25(27)23-15-9-13-19-10-7-8-14-22(19)23/h4-15,17-18H,2-3,16H2,1H3. The van der Waals surface area contributed by atoms with E-state index in [4.69, 9.17) is 0 Å². The van der Waals surface area contributed by atoms with E-state index in [1.165, 1.54) is 0 Å². The highest BCUT2D eigenvalue weighted by Crippen LogP contribution is 2.27. The molecule has 2 nitrogen and oxygen atoms in total. The number of carbonyl (C=O) groups excluding carboxylic acids is 1. The third-order valence-corrected chi connectivity index (χ3v) is 5.02. The molecule has 2 heteroatoms. The van der Waals surface area contributed by atoms with Gasteiger partial charge in [-0.25, -0.2) is 0 Å². The van der Waals surface area contributed by atoms with Crippen LogP contribution in [0.25, 0.3) is 22.0 Å². The molecule has 0 radical (unpaired) electrons. The Morgan fingerprint density at radius 3 is 2.44 bits per heavy atom. The molecule has 1 aromatic heterocycles. The highest BCUT2D eigenvalue weighted by molar-refractivity contribution is 6.16. The second kappa shape index (κ2) is 7.63. The lowest BCUT2D eigenvalue weighted by molar-refractivity contribution is 0.104. The van der Waals surface area contributed by atoms with Gasteiger partial charge in [-0.3, -0.25) is 4.79 Å². The van der Waals surface area contributed by atoms with Gasteiger partial charge in [0.05, 0.1) is 0 Å². The van der Waals surface area contributed by atoms with Gasteiger partial charge in [0.2, 0.25) is 0 Å². The topological polar surface area (TPSA) is 22.0 Å². The van der Waals surface area contributed by atoms with Crippen LogP contribution in [0.3, 0.4) is 0 Å². The summed E-state index contributed by atoms with van der Waals surface area (Å²) in [6, 6.07) is 26.3. The first-order valence-corrected chi connectivity index (χ1v) is 9.56. The molecule has 0 amide bonds. The monoisotopic (exact) mass is 353 g/mol. The van der Waals surface area contributed by atoms with Crippen LogP contribution in [0.4, 0.5) is 0 Å². The summed E-state index contributed by atoms with van der Waals surface area (Å²) in [5, 5.41) is 2.10. The fraction of sp³-hybridized carbons (Fsp3) is 0.160. The van der Waals surface area contributed by atoms with Gasteiger partial charge in [0.15, 0.2) is 5.78 Å². The van der Waals surface area contributed by atoms with E-state index >= 15 is 0 Å². The average molecular weight is 353 g/mol. The first-order chi connectivity index (χ1) is 13.3. The fourth-order valence-corrected chi connectivity index (χ4v) is 3.58. The van der Waals surface area contributed by atoms with Crippen molar-refractivity contribution in [2.75, 3.05) is 0 Å². The van der Waals surface area contributed by atoms with Crippen molar-refractivity contribution >= 4 is 16.6 Å². The van der Waals surface area contributed by atoms with E-state index in [2.05, 4.69) is 23.6 Å². The lowest BCUT2D eigenvalue weighted by atomic mass is 9.98. The Hall–Kier alpha value is -3.13. The number of fused-ring (bicyclic) bond motifs is 1. The molecule has 1 heterocycles. The summed E-state index contributed by atoms with van der Waals surface area (Å²) in [6.07, 6.45) is 4.23. The number of benzene rings is 3. The second-order valence-corrected chi connectivity index (χ2v) is 6.88. The van der Waals surface area contributed by atoms with Crippen LogP contribution in [0.2, 0.25) is 0 Å². The van der Waals surface area contributed by atoms with E-state index in [1.807, 2.05) is 72.9 Å². The number of carbonyl (C=O) groups is 1. The highest BCUT2D eigenvalue weighted by Gasteiger charge is 2.17. The molecule has 27 heavy (non-hydrogen) atoms. The third kappa shape index (κ3) is 3.43. The molecule has 0 aliphatic rings. The van der Waals surface area contributed by atoms with Gasteiger partial charge in [0, 0.05) is 29.6 Å². The van der Waals surface area contributed by atoms with Gasteiger partial charge in [0.25, 0.3) is 0 Å². The van der Waals surface area contributed by atoms with Gasteiger partial charge in [-0.15, -0.1) is 0 Å². The highest BCUT2D eigenvalue weighted by atomic mass is 16.1. The predicted molar refractivity (Wildman–Crippen MR) is 112 cm³/mol. The van der Waals surface area contributed by atoms with Gasteiger partial charge >= 0.3 is 0 Å².